The van der Waals surface area contributed by atoms with E-state index in [4.69, 9.17) is 16.3 Å². The van der Waals surface area contributed by atoms with Gasteiger partial charge in [-0.3, -0.25) is 4.79 Å². The van der Waals surface area contributed by atoms with Gasteiger partial charge in [0.15, 0.2) is 6.10 Å². The summed E-state index contributed by atoms with van der Waals surface area (Å²) < 4.78 is 18.5. The molecule has 0 bridgehead atoms. The van der Waals surface area contributed by atoms with Crippen LogP contribution in [0.25, 0.3) is 0 Å². The summed E-state index contributed by atoms with van der Waals surface area (Å²) in [5.74, 6) is -0.293. The molecule has 1 aromatic carbocycles. The van der Waals surface area contributed by atoms with Gasteiger partial charge in [0.25, 0.3) is 5.91 Å². The quantitative estimate of drug-likeness (QED) is 0.903. The number of ether oxygens (including phenoxy) is 1. The lowest BCUT2D eigenvalue weighted by molar-refractivity contribution is -0.128. The summed E-state index contributed by atoms with van der Waals surface area (Å²) in [6.45, 7) is 6.85. The molecule has 122 valence electrons. The van der Waals surface area contributed by atoms with Gasteiger partial charge in [0.1, 0.15) is 11.6 Å². The number of hydrogen-bond donors (Lipinski definition) is 1. The Morgan fingerprint density at radius 1 is 1.50 bits per heavy atom. The standard InChI is InChI=1S/C16H22ClFN2O2/c1-3-20-8-6-13(7-9-20)19-16(21)11(2)22-15-5-4-12(18)10-14(15)17/h4-5,10-11,13H,3,6-9H2,1-2H3,(H,19,21). The predicted molar refractivity (Wildman–Crippen MR) is 84.8 cm³/mol. The molecular formula is C16H22ClFN2O2. The molecule has 0 aromatic heterocycles. The number of carbonyl (C=O) groups is 1. The SMILES string of the molecule is CCN1CCC(NC(=O)C(C)Oc2ccc(F)cc2Cl)CC1. The zero-order valence-corrected chi connectivity index (χ0v) is 13.7. The third-order valence-corrected chi connectivity index (χ3v) is 4.24. The Kier molecular flexibility index (Phi) is 6.03. The highest BCUT2D eigenvalue weighted by molar-refractivity contribution is 6.32. The fourth-order valence-electron chi connectivity index (χ4n) is 2.53. The van der Waals surface area contributed by atoms with Crippen molar-refractivity contribution in [2.45, 2.75) is 38.8 Å². The predicted octanol–water partition coefficient (Wildman–Crippen LogP) is 2.85. The lowest BCUT2D eigenvalue weighted by Crippen LogP contribution is -2.48. The smallest absolute Gasteiger partial charge is 0.260 e. The summed E-state index contributed by atoms with van der Waals surface area (Å²) in [6.07, 6.45) is 1.22. The number of rotatable bonds is 5. The third-order valence-electron chi connectivity index (χ3n) is 3.95. The molecule has 0 radical (unpaired) electrons. The van der Waals surface area contributed by atoms with E-state index in [1.165, 1.54) is 18.2 Å². The van der Waals surface area contributed by atoms with Gasteiger partial charge in [-0.25, -0.2) is 4.39 Å². The normalized spacial score (nSPS) is 18.0. The van der Waals surface area contributed by atoms with Crippen LogP contribution in [0.15, 0.2) is 18.2 Å². The van der Waals surface area contributed by atoms with E-state index in [1.54, 1.807) is 6.92 Å². The highest BCUT2D eigenvalue weighted by Gasteiger charge is 2.23. The van der Waals surface area contributed by atoms with E-state index in [0.717, 1.165) is 32.5 Å². The molecule has 4 nitrogen and oxygen atoms in total. The molecule has 1 aliphatic heterocycles. The number of nitrogens with one attached hydrogen (secondary N) is 1. The summed E-state index contributed by atoms with van der Waals surface area (Å²) >= 11 is 5.90. The first-order valence-corrected chi connectivity index (χ1v) is 8.01. The summed E-state index contributed by atoms with van der Waals surface area (Å²) in [5.41, 5.74) is 0. The van der Waals surface area contributed by atoms with Crippen molar-refractivity contribution in [2.24, 2.45) is 0 Å². The van der Waals surface area contributed by atoms with Crippen molar-refractivity contribution in [2.75, 3.05) is 19.6 Å². The van der Waals surface area contributed by atoms with Crippen LogP contribution in [0, 0.1) is 5.82 Å². The first kappa shape index (κ1) is 17.0. The number of halogens is 2. The van der Waals surface area contributed by atoms with Gasteiger partial charge in [-0.1, -0.05) is 18.5 Å². The lowest BCUT2D eigenvalue weighted by Gasteiger charge is -2.32. The lowest BCUT2D eigenvalue weighted by atomic mass is 10.0. The molecule has 0 spiro atoms. The monoisotopic (exact) mass is 328 g/mol. The van der Waals surface area contributed by atoms with Crippen LogP contribution in [0.4, 0.5) is 4.39 Å². The maximum atomic E-state index is 13.0. The molecule has 1 fully saturated rings. The van der Waals surface area contributed by atoms with Crippen molar-refractivity contribution in [1.82, 2.24) is 10.2 Å². The first-order valence-electron chi connectivity index (χ1n) is 7.64. The molecule has 1 heterocycles. The molecule has 1 saturated heterocycles. The second-order valence-electron chi connectivity index (χ2n) is 5.55. The van der Waals surface area contributed by atoms with Gasteiger partial charge in [-0.05, 0) is 44.5 Å². The van der Waals surface area contributed by atoms with Crippen LogP contribution >= 0.6 is 11.6 Å². The van der Waals surface area contributed by atoms with Crippen LogP contribution in [0.1, 0.15) is 26.7 Å². The molecule has 1 atom stereocenters. The Labute approximate surface area is 135 Å². The van der Waals surface area contributed by atoms with Crippen molar-refractivity contribution in [3.05, 3.63) is 29.0 Å². The topological polar surface area (TPSA) is 41.6 Å². The minimum absolute atomic E-state index is 0.163. The number of piperidine rings is 1. The minimum atomic E-state index is -0.674. The van der Waals surface area contributed by atoms with Gasteiger partial charge in [0.05, 0.1) is 5.02 Å². The fourth-order valence-corrected chi connectivity index (χ4v) is 2.74. The van der Waals surface area contributed by atoms with Crippen LogP contribution < -0.4 is 10.1 Å². The molecule has 1 amide bonds. The average Bonchev–Trinajstić information content (AvgIpc) is 2.50. The van der Waals surface area contributed by atoms with Crippen LogP contribution in [0.2, 0.25) is 5.02 Å². The number of amides is 1. The fraction of sp³-hybridized carbons (Fsp3) is 0.562. The van der Waals surface area contributed by atoms with E-state index in [-0.39, 0.29) is 17.0 Å². The molecule has 6 heteroatoms. The van der Waals surface area contributed by atoms with Crippen molar-refractivity contribution in [3.63, 3.8) is 0 Å². The van der Waals surface area contributed by atoms with E-state index >= 15 is 0 Å². The number of benzene rings is 1. The summed E-state index contributed by atoms with van der Waals surface area (Å²) in [7, 11) is 0. The van der Waals surface area contributed by atoms with E-state index in [9.17, 15) is 9.18 Å². The molecule has 1 aliphatic rings. The van der Waals surface area contributed by atoms with Crippen molar-refractivity contribution in [1.29, 1.82) is 0 Å². The second-order valence-corrected chi connectivity index (χ2v) is 5.96. The molecule has 2 rings (SSSR count). The first-order chi connectivity index (χ1) is 10.5. The molecule has 1 aromatic rings. The highest BCUT2D eigenvalue weighted by Crippen LogP contribution is 2.25. The molecule has 22 heavy (non-hydrogen) atoms. The summed E-state index contributed by atoms with van der Waals surface area (Å²) in [6, 6.07) is 4.04. The van der Waals surface area contributed by atoms with Gasteiger partial charge in [-0.15, -0.1) is 0 Å². The summed E-state index contributed by atoms with van der Waals surface area (Å²) in [4.78, 5) is 14.5. The zero-order valence-electron chi connectivity index (χ0n) is 12.9. The van der Waals surface area contributed by atoms with Gasteiger partial charge in [-0.2, -0.15) is 0 Å². The van der Waals surface area contributed by atoms with Crippen LogP contribution in [-0.2, 0) is 4.79 Å². The highest BCUT2D eigenvalue weighted by atomic mass is 35.5. The number of likely N-dealkylation sites (tertiary alicyclic amines) is 1. The van der Waals surface area contributed by atoms with Gasteiger partial charge in [0.2, 0.25) is 0 Å². The molecule has 0 aliphatic carbocycles. The number of hydrogen-bond acceptors (Lipinski definition) is 3. The van der Waals surface area contributed by atoms with Gasteiger partial charge < -0.3 is 15.0 Å². The molecule has 0 saturated carbocycles. The van der Waals surface area contributed by atoms with Crippen LogP contribution in [0.3, 0.4) is 0 Å². The van der Waals surface area contributed by atoms with Crippen molar-refractivity contribution >= 4 is 17.5 Å². The number of carbonyl (C=O) groups excluding carboxylic acids is 1. The van der Waals surface area contributed by atoms with Crippen molar-refractivity contribution < 1.29 is 13.9 Å². The third kappa shape index (κ3) is 4.58. The minimum Gasteiger partial charge on any atom is -0.479 e. The van der Waals surface area contributed by atoms with Crippen molar-refractivity contribution in [3.8, 4) is 5.75 Å². The zero-order chi connectivity index (χ0) is 16.1. The summed E-state index contributed by atoms with van der Waals surface area (Å²) in [5, 5.41) is 3.17. The Hall–Kier alpha value is -1.33. The number of nitrogens with zero attached hydrogens (tertiary/aromatic N) is 1. The largest absolute Gasteiger partial charge is 0.479 e. The maximum absolute atomic E-state index is 13.0. The van der Waals surface area contributed by atoms with E-state index in [0.29, 0.717) is 5.75 Å². The maximum Gasteiger partial charge on any atom is 0.260 e. The Morgan fingerprint density at radius 3 is 2.77 bits per heavy atom. The van der Waals surface area contributed by atoms with Crippen LogP contribution in [0.5, 0.6) is 5.75 Å². The Balaban J connectivity index is 1.84. The Morgan fingerprint density at radius 2 is 2.18 bits per heavy atom. The molecule has 1 unspecified atom stereocenters. The Bertz CT molecular complexity index is 519. The average molecular weight is 329 g/mol. The van der Waals surface area contributed by atoms with Gasteiger partial charge >= 0.3 is 0 Å². The van der Waals surface area contributed by atoms with E-state index in [2.05, 4.69) is 17.1 Å². The molecule has 1 N–H and O–H groups in total. The van der Waals surface area contributed by atoms with E-state index < -0.39 is 11.9 Å². The second kappa shape index (κ2) is 7.79. The van der Waals surface area contributed by atoms with Crippen LogP contribution in [-0.4, -0.2) is 42.6 Å². The van der Waals surface area contributed by atoms with E-state index in [1.807, 2.05) is 0 Å². The van der Waals surface area contributed by atoms with Gasteiger partial charge in [0, 0.05) is 19.1 Å². The molecular weight excluding hydrogens is 307 g/mol.